The molecule has 1 spiro atoms. The quantitative estimate of drug-likeness (QED) is 0.613. The second-order valence-corrected chi connectivity index (χ2v) is 5.02. The molecular formula is C13H15FN2O4. The van der Waals surface area contributed by atoms with Gasteiger partial charge in [0.15, 0.2) is 5.79 Å². The van der Waals surface area contributed by atoms with E-state index in [1.165, 1.54) is 12.1 Å². The molecule has 0 radical (unpaired) electrons. The number of halogens is 1. The van der Waals surface area contributed by atoms with Gasteiger partial charge in [0.05, 0.1) is 24.7 Å². The summed E-state index contributed by atoms with van der Waals surface area (Å²) in [5.74, 6) is -1.18. The monoisotopic (exact) mass is 282 g/mol. The molecular weight excluding hydrogens is 267 g/mol. The lowest BCUT2D eigenvalue weighted by Crippen LogP contribution is -2.49. The number of nitro groups is 1. The molecule has 2 aliphatic heterocycles. The molecule has 20 heavy (non-hydrogen) atoms. The van der Waals surface area contributed by atoms with Gasteiger partial charge in [-0.1, -0.05) is 0 Å². The number of benzene rings is 1. The second-order valence-electron chi connectivity index (χ2n) is 5.02. The summed E-state index contributed by atoms with van der Waals surface area (Å²) in [4.78, 5) is 12.4. The summed E-state index contributed by atoms with van der Waals surface area (Å²) >= 11 is 0. The van der Waals surface area contributed by atoms with Crippen molar-refractivity contribution in [1.82, 2.24) is 0 Å². The lowest BCUT2D eigenvalue weighted by Gasteiger charge is -2.39. The van der Waals surface area contributed by atoms with Crippen LogP contribution in [-0.4, -0.2) is 37.0 Å². The van der Waals surface area contributed by atoms with Crippen LogP contribution >= 0.6 is 0 Å². The Morgan fingerprint density at radius 3 is 2.80 bits per heavy atom. The molecule has 0 atom stereocenters. The summed E-state index contributed by atoms with van der Waals surface area (Å²) in [5.41, 5.74) is 0.189. The summed E-state index contributed by atoms with van der Waals surface area (Å²) in [7, 11) is 0. The molecule has 0 bridgehead atoms. The van der Waals surface area contributed by atoms with Gasteiger partial charge in [0.1, 0.15) is 11.5 Å². The summed E-state index contributed by atoms with van der Waals surface area (Å²) in [5, 5.41) is 11.1. The molecule has 7 heteroatoms. The molecule has 0 unspecified atom stereocenters. The number of ether oxygens (including phenoxy) is 2. The van der Waals surface area contributed by atoms with Gasteiger partial charge < -0.3 is 14.4 Å². The first-order valence-corrected chi connectivity index (χ1v) is 6.56. The Bertz CT molecular complexity index is 531. The van der Waals surface area contributed by atoms with E-state index in [1.54, 1.807) is 4.90 Å². The van der Waals surface area contributed by atoms with E-state index in [4.69, 9.17) is 9.47 Å². The van der Waals surface area contributed by atoms with Crippen molar-refractivity contribution in [2.24, 2.45) is 0 Å². The van der Waals surface area contributed by atoms with Crippen LogP contribution in [0.3, 0.4) is 0 Å². The van der Waals surface area contributed by atoms with Crippen molar-refractivity contribution < 1.29 is 18.8 Å². The Morgan fingerprint density at radius 1 is 1.35 bits per heavy atom. The molecule has 2 fully saturated rings. The lowest BCUT2D eigenvalue weighted by molar-refractivity contribution is -0.384. The highest BCUT2D eigenvalue weighted by Gasteiger charge is 2.42. The molecule has 1 aromatic carbocycles. The van der Waals surface area contributed by atoms with E-state index in [0.29, 0.717) is 26.3 Å². The van der Waals surface area contributed by atoms with Crippen LogP contribution in [0.2, 0.25) is 0 Å². The van der Waals surface area contributed by atoms with E-state index in [-0.39, 0.29) is 11.4 Å². The molecule has 2 saturated heterocycles. The molecule has 0 aliphatic carbocycles. The Labute approximate surface area is 115 Å². The fourth-order valence-electron chi connectivity index (χ4n) is 2.83. The van der Waals surface area contributed by atoms with Crippen molar-refractivity contribution in [2.45, 2.75) is 18.6 Å². The SMILES string of the molecule is O=[N+]([O-])c1ccc(F)cc1N1CCCC2(C1)OCCO2. The Balaban J connectivity index is 1.92. The van der Waals surface area contributed by atoms with Crippen LogP contribution in [0.4, 0.5) is 15.8 Å². The number of nitro benzene ring substituents is 1. The summed E-state index contributed by atoms with van der Waals surface area (Å²) in [6.45, 7) is 2.06. The Kier molecular flexibility index (Phi) is 3.31. The van der Waals surface area contributed by atoms with E-state index >= 15 is 0 Å². The molecule has 0 aromatic heterocycles. The average molecular weight is 282 g/mol. The van der Waals surface area contributed by atoms with E-state index < -0.39 is 16.5 Å². The first-order valence-electron chi connectivity index (χ1n) is 6.56. The highest BCUT2D eigenvalue weighted by atomic mass is 19.1. The number of piperidine rings is 1. The van der Waals surface area contributed by atoms with E-state index in [2.05, 4.69) is 0 Å². The van der Waals surface area contributed by atoms with E-state index in [0.717, 1.165) is 18.9 Å². The third kappa shape index (κ3) is 2.34. The fourth-order valence-corrected chi connectivity index (χ4v) is 2.83. The normalized spacial score (nSPS) is 21.4. The number of rotatable bonds is 2. The van der Waals surface area contributed by atoms with Crippen molar-refractivity contribution in [3.63, 3.8) is 0 Å². The zero-order valence-electron chi connectivity index (χ0n) is 10.9. The Morgan fingerprint density at radius 2 is 2.10 bits per heavy atom. The molecule has 108 valence electrons. The standard InChI is InChI=1S/C13H15FN2O4/c14-10-2-3-11(16(17)18)12(8-10)15-5-1-4-13(9-15)19-6-7-20-13/h2-3,8H,1,4-7,9H2. The maximum absolute atomic E-state index is 13.4. The third-order valence-electron chi connectivity index (χ3n) is 3.71. The summed E-state index contributed by atoms with van der Waals surface area (Å²) < 4.78 is 24.7. The van der Waals surface area contributed by atoms with Crippen LogP contribution in [0.15, 0.2) is 18.2 Å². The minimum absolute atomic E-state index is 0.0959. The molecule has 6 nitrogen and oxygen atoms in total. The van der Waals surface area contributed by atoms with Gasteiger partial charge in [0.25, 0.3) is 5.69 Å². The second kappa shape index (κ2) is 4.99. The maximum atomic E-state index is 13.4. The van der Waals surface area contributed by atoms with Gasteiger partial charge >= 0.3 is 0 Å². The first kappa shape index (κ1) is 13.3. The van der Waals surface area contributed by atoms with E-state index in [9.17, 15) is 14.5 Å². The molecule has 0 saturated carbocycles. The maximum Gasteiger partial charge on any atom is 0.292 e. The third-order valence-corrected chi connectivity index (χ3v) is 3.71. The van der Waals surface area contributed by atoms with Gasteiger partial charge in [-0.15, -0.1) is 0 Å². The molecule has 2 aliphatic rings. The number of nitrogens with zero attached hydrogens (tertiary/aromatic N) is 2. The van der Waals surface area contributed by atoms with Crippen LogP contribution in [0.25, 0.3) is 0 Å². The van der Waals surface area contributed by atoms with Crippen molar-refractivity contribution in [2.75, 3.05) is 31.2 Å². The number of anilines is 1. The topological polar surface area (TPSA) is 64.8 Å². The van der Waals surface area contributed by atoms with E-state index in [1.807, 2.05) is 0 Å². The van der Waals surface area contributed by atoms with Gasteiger partial charge in [-0.25, -0.2) is 4.39 Å². The van der Waals surface area contributed by atoms with Gasteiger partial charge in [0.2, 0.25) is 0 Å². The molecule has 3 rings (SSSR count). The molecule has 0 N–H and O–H groups in total. The van der Waals surface area contributed by atoms with Crippen molar-refractivity contribution in [1.29, 1.82) is 0 Å². The van der Waals surface area contributed by atoms with Crippen molar-refractivity contribution in [3.05, 3.63) is 34.1 Å². The van der Waals surface area contributed by atoms with Crippen LogP contribution < -0.4 is 4.90 Å². The molecule has 1 aromatic rings. The predicted molar refractivity (Wildman–Crippen MR) is 69.1 cm³/mol. The average Bonchev–Trinajstić information content (AvgIpc) is 2.86. The molecule has 0 amide bonds. The largest absolute Gasteiger partial charge is 0.360 e. The van der Waals surface area contributed by atoms with Gasteiger partial charge in [-0.3, -0.25) is 10.1 Å². The fraction of sp³-hybridized carbons (Fsp3) is 0.538. The van der Waals surface area contributed by atoms with Gasteiger partial charge in [-0.05, 0) is 12.5 Å². The van der Waals surface area contributed by atoms with Crippen molar-refractivity contribution in [3.8, 4) is 0 Å². The number of hydrogen-bond donors (Lipinski definition) is 0. The minimum atomic E-state index is -0.696. The van der Waals surface area contributed by atoms with Crippen molar-refractivity contribution >= 4 is 11.4 Å². The number of hydrogen-bond acceptors (Lipinski definition) is 5. The highest BCUT2D eigenvalue weighted by Crippen LogP contribution is 2.36. The summed E-state index contributed by atoms with van der Waals surface area (Å²) in [6, 6.07) is 3.50. The smallest absolute Gasteiger partial charge is 0.292 e. The zero-order chi connectivity index (χ0) is 14.2. The van der Waals surface area contributed by atoms with Crippen LogP contribution in [0.5, 0.6) is 0 Å². The van der Waals surface area contributed by atoms with Crippen LogP contribution in [-0.2, 0) is 9.47 Å². The minimum Gasteiger partial charge on any atom is -0.360 e. The van der Waals surface area contributed by atoms with Gasteiger partial charge in [0, 0.05) is 25.1 Å². The van der Waals surface area contributed by atoms with Crippen LogP contribution in [0.1, 0.15) is 12.8 Å². The summed E-state index contributed by atoms with van der Waals surface area (Å²) in [6.07, 6.45) is 1.54. The molecule has 2 heterocycles. The Hall–Kier alpha value is -1.73. The highest BCUT2D eigenvalue weighted by molar-refractivity contribution is 5.63. The lowest BCUT2D eigenvalue weighted by atomic mass is 10.0. The van der Waals surface area contributed by atoms with Crippen LogP contribution in [0, 0.1) is 15.9 Å². The van der Waals surface area contributed by atoms with Gasteiger partial charge in [-0.2, -0.15) is 0 Å². The zero-order valence-corrected chi connectivity index (χ0v) is 10.9. The predicted octanol–water partition coefficient (Wildman–Crippen LogP) is 2.08. The first-order chi connectivity index (χ1) is 9.60.